The Labute approximate surface area is 147 Å². The van der Waals surface area contributed by atoms with Crippen molar-refractivity contribution >= 4 is 23.5 Å². The maximum absolute atomic E-state index is 14.1. The minimum absolute atomic E-state index is 0.0196. The van der Waals surface area contributed by atoms with Gasteiger partial charge in [-0.1, -0.05) is 6.08 Å². The number of alkyl halides is 1. The van der Waals surface area contributed by atoms with Crippen LogP contribution in [-0.4, -0.2) is 21.3 Å². The molecule has 0 amide bonds. The summed E-state index contributed by atoms with van der Waals surface area (Å²) >= 11 is 6.20. The minimum atomic E-state index is -0.769. The Kier molecular flexibility index (Phi) is 3.80. The molecule has 0 saturated carbocycles. The van der Waals surface area contributed by atoms with E-state index >= 15 is 0 Å². The SMILES string of the molecule is Nc1nc(-c2ccco2)c2c(n1)C(CC1=C(F)C=CCC1Cl)OC2=O. The molecule has 0 bridgehead atoms. The number of anilines is 1. The van der Waals surface area contributed by atoms with Crippen LogP contribution in [0.3, 0.4) is 0 Å². The average molecular weight is 362 g/mol. The van der Waals surface area contributed by atoms with Crippen LogP contribution >= 0.6 is 11.6 Å². The van der Waals surface area contributed by atoms with E-state index in [0.29, 0.717) is 23.4 Å². The Morgan fingerprint density at radius 1 is 1.40 bits per heavy atom. The summed E-state index contributed by atoms with van der Waals surface area (Å²) in [4.78, 5) is 20.6. The lowest BCUT2D eigenvalue weighted by molar-refractivity contribution is 0.0380. The van der Waals surface area contributed by atoms with E-state index in [4.69, 9.17) is 26.5 Å². The zero-order valence-corrected chi connectivity index (χ0v) is 13.7. The zero-order valence-electron chi connectivity index (χ0n) is 12.9. The van der Waals surface area contributed by atoms with E-state index in [1.807, 2.05) is 0 Å². The maximum Gasteiger partial charge on any atom is 0.343 e. The second-order valence-electron chi connectivity index (χ2n) is 5.74. The number of nitrogens with two attached hydrogens (primary N) is 1. The molecule has 2 unspecified atom stereocenters. The number of aromatic nitrogens is 2. The van der Waals surface area contributed by atoms with Gasteiger partial charge >= 0.3 is 5.97 Å². The van der Waals surface area contributed by atoms with Gasteiger partial charge in [0.05, 0.1) is 11.6 Å². The molecule has 2 aromatic heterocycles. The van der Waals surface area contributed by atoms with E-state index in [9.17, 15) is 9.18 Å². The summed E-state index contributed by atoms with van der Waals surface area (Å²) < 4.78 is 24.8. The predicted molar refractivity (Wildman–Crippen MR) is 88.5 cm³/mol. The molecule has 0 radical (unpaired) electrons. The molecule has 1 aliphatic heterocycles. The number of rotatable bonds is 3. The summed E-state index contributed by atoms with van der Waals surface area (Å²) in [7, 11) is 0. The number of nitrogen functional groups attached to an aromatic ring is 1. The molecular weight excluding hydrogens is 349 g/mol. The number of furan rings is 1. The van der Waals surface area contributed by atoms with Crippen LogP contribution in [0, 0.1) is 0 Å². The Morgan fingerprint density at radius 2 is 2.24 bits per heavy atom. The largest absolute Gasteiger partial charge is 0.463 e. The Bertz CT molecular complexity index is 908. The fourth-order valence-corrected chi connectivity index (χ4v) is 3.32. The summed E-state index contributed by atoms with van der Waals surface area (Å²) in [5.41, 5.74) is 6.93. The van der Waals surface area contributed by atoms with Gasteiger partial charge in [-0.2, -0.15) is 0 Å². The van der Waals surface area contributed by atoms with Crippen LogP contribution in [0.2, 0.25) is 0 Å². The maximum atomic E-state index is 14.1. The first-order valence-corrected chi connectivity index (χ1v) is 8.09. The average Bonchev–Trinajstić information content (AvgIpc) is 3.19. The number of halogens is 2. The Balaban J connectivity index is 1.77. The zero-order chi connectivity index (χ0) is 17.6. The standard InChI is InChI=1S/C17H13ClFN3O3/c18-9-3-1-4-10(19)8(9)7-12-15-13(16(23)25-12)14(21-17(20)22-15)11-5-2-6-24-11/h1-2,4-6,9,12H,3,7H2,(H2,20,21,22). The quantitative estimate of drug-likeness (QED) is 0.662. The molecule has 2 aromatic rings. The van der Waals surface area contributed by atoms with Crippen molar-refractivity contribution < 1.29 is 18.3 Å². The van der Waals surface area contributed by atoms with Crippen molar-refractivity contribution in [1.82, 2.24) is 9.97 Å². The second kappa shape index (κ2) is 6.00. The van der Waals surface area contributed by atoms with Gasteiger partial charge in [0.25, 0.3) is 0 Å². The first-order chi connectivity index (χ1) is 12.0. The van der Waals surface area contributed by atoms with Gasteiger partial charge in [-0.05, 0) is 30.2 Å². The monoisotopic (exact) mass is 361 g/mol. The fraction of sp³-hybridized carbons (Fsp3) is 0.235. The first kappa shape index (κ1) is 15.8. The molecule has 25 heavy (non-hydrogen) atoms. The van der Waals surface area contributed by atoms with Crippen LogP contribution in [0.1, 0.15) is 35.0 Å². The molecule has 1 aliphatic carbocycles. The highest BCUT2D eigenvalue weighted by molar-refractivity contribution is 6.22. The van der Waals surface area contributed by atoms with Gasteiger partial charge < -0.3 is 14.9 Å². The highest BCUT2D eigenvalue weighted by atomic mass is 35.5. The molecule has 2 N–H and O–H groups in total. The molecule has 128 valence electrons. The molecule has 0 saturated heterocycles. The van der Waals surface area contributed by atoms with Gasteiger partial charge in [0.2, 0.25) is 5.95 Å². The van der Waals surface area contributed by atoms with Crippen LogP contribution in [0.15, 0.2) is 46.4 Å². The number of allylic oxidation sites excluding steroid dienone is 3. The topological polar surface area (TPSA) is 91.2 Å². The molecule has 2 aliphatic rings. The van der Waals surface area contributed by atoms with Crippen LogP contribution in [-0.2, 0) is 4.74 Å². The Morgan fingerprint density at radius 3 is 2.96 bits per heavy atom. The van der Waals surface area contributed by atoms with Crippen molar-refractivity contribution in [3.05, 3.63) is 53.2 Å². The molecule has 8 heteroatoms. The van der Waals surface area contributed by atoms with Crippen molar-refractivity contribution in [3.8, 4) is 11.5 Å². The van der Waals surface area contributed by atoms with E-state index < -0.39 is 23.3 Å². The highest BCUT2D eigenvalue weighted by Crippen LogP contribution is 2.41. The van der Waals surface area contributed by atoms with Gasteiger partial charge in [0.15, 0.2) is 5.76 Å². The summed E-state index contributed by atoms with van der Waals surface area (Å²) in [6, 6.07) is 3.33. The van der Waals surface area contributed by atoms with Gasteiger partial charge in [-0.3, -0.25) is 0 Å². The van der Waals surface area contributed by atoms with E-state index in [0.717, 1.165) is 0 Å². The van der Waals surface area contributed by atoms with Crippen LogP contribution in [0.5, 0.6) is 0 Å². The number of cyclic esters (lactones) is 1. The van der Waals surface area contributed by atoms with Crippen molar-refractivity contribution in [2.75, 3.05) is 5.73 Å². The van der Waals surface area contributed by atoms with Crippen LogP contribution in [0.4, 0.5) is 10.3 Å². The van der Waals surface area contributed by atoms with E-state index in [1.165, 1.54) is 12.3 Å². The summed E-state index contributed by atoms with van der Waals surface area (Å²) in [6.07, 6.45) is 4.35. The van der Waals surface area contributed by atoms with Gasteiger partial charge in [0, 0.05) is 6.42 Å². The number of ether oxygens (including phenoxy) is 1. The smallest absolute Gasteiger partial charge is 0.343 e. The molecule has 4 rings (SSSR count). The molecule has 0 fully saturated rings. The van der Waals surface area contributed by atoms with Crippen molar-refractivity contribution in [2.24, 2.45) is 0 Å². The predicted octanol–water partition coefficient (Wildman–Crippen LogP) is 3.71. The van der Waals surface area contributed by atoms with E-state index in [1.54, 1.807) is 18.2 Å². The summed E-state index contributed by atoms with van der Waals surface area (Å²) in [5.74, 6) is -0.646. The third-order valence-electron chi connectivity index (χ3n) is 4.16. The highest BCUT2D eigenvalue weighted by Gasteiger charge is 2.39. The van der Waals surface area contributed by atoms with E-state index in [-0.39, 0.29) is 23.6 Å². The van der Waals surface area contributed by atoms with Crippen molar-refractivity contribution in [1.29, 1.82) is 0 Å². The van der Waals surface area contributed by atoms with Crippen LogP contribution < -0.4 is 5.73 Å². The third-order valence-corrected chi connectivity index (χ3v) is 4.61. The van der Waals surface area contributed by atoms with Gasteiger partial charge in [-0.15, -0.1) is 11.6 Å². The lowest BCUT2D eigenvalue weighted by Crippen LogP contribution is -2.12. The number of carbonyl (C=O) groups excluding carboxylic acids is 1. The van der Waals surface area contributed by atoms with Crippen molar-refractivity contribution in [3.63, 3.8) is 0 Å². The molecule has 0 spiro atoms. The first-order valence-electron chi connectivity index (χ1n) is 7.66. The number of hydrogen-bond donors (Lipinski definition) is 1. The number of hydrogen-bond acceptors (Lipinski definition) is 6. The molecule has 0 aromatic carbocycles. The fourth-order valence-electron chi connectivity index (χ4n) is 3.02. The van der Waals surface area contributed by atoms with Gasteiger partial charge in [0.1, 0.15) is 28.9 Å². The lowest BCUT2D eigenvalue weighted by Gasteiger charge is -2.19. The normalized spacial score (nSPS) is 22.2. The van der Waals surface area contributed by atoms with Crippen molar-refractivity contribution in [2.45, 2.75) is 24.3 Å². The number of fused-ring (bicyclic) bond motifs is 1. The summed E-state index contributed by atoms with van der Waals surface area (Å²) in [5, 5.41) is -0.489. The second-order valence-corrected chi connectivity index (χ2v) is 6.27. The number of carbonyl (C=O) groups is 1. The summed E-state index contributed by atoms with van der Waals surface area (Å²) in [6.45, 7) is 0. The minimum Gasteiger partial charge on any atom is -0.463 e. The number of nitrogens with zero attached hydrogens (tertiary/aromatic N) is 2. The molecular formula is C17H13ClFN3O3. The Hall–Kier alpha value is -2.67. The van der Waals surface area contributed by atoms with Crippen LogP contribution in [0.25, 0.3) is 11.5 Å². The molecule has 2 atom stereocenters. The van der Waals surface area contributed by atoms with E-state index in [2.05, 4.69) is 9.97 Å². The van der Waals surface area contributed by atoms with Gasteiger partial charge in [-0.25, -0.2) is 19.2 Å². The number of esters is 1. The lowest BCUT2D eigenvalue weighted by atomic mass is 9.95. The third kappa shape index (κ3) is 2.70. The molecule has 3 heterocycles. The molecule has 6 nitrogen and oxygen atoms in total.